The highest BCUT2D eigenvalue weighted by atomic mass is 16.2. The van der Waals surface area contributed by atoms with E-state index in [-0.39, 0.29) is 11.9 Å². The summed E-state index contributed by atoms with van der Waals surface area (Å²) in [5.41, 5.74) is 4.72. The van der Waals surface area contributed by atoms with Crippen LogP contribution in [0.5, 0.6) is 0 Å². The van der Waals surface area contributed by atoms with Gasteiger partial charge in [-0.15, -0.1) is 0 Å². The highest BCUT2D eigenvalue weighted by Crippen LogP contribution is 2.33. The SMILES string of the molecule is Cc1ccc2cc(C(=O)N3CCCC3c3cnn(C)c3)c(C)nc2c1. The molecule has 3 aromatic rings. The van der Waals surface area contributed by atoms with Gasteiger partial charge in [0.15, 0.2) is 0 Å². The molecule has 1 aliphatic rings. The molecular weight excluding hydrogens is 312 g/mol. The van der Waals surface area contributed by atoms with E-state index >= 15 is 0 Å². The van der Waals surface area contributed by atoms with E-state index in [0.29, 0.717) is 5.56 Å². The van der Waals surface area contributed by atoms with Gasteiger partial charge in [-0.25, -0.2) is 0 Å². The minimum absolute atomic E-state index is 0.0684. The molecule has 2 aromatic heterocycles. The maximum atomic E-state index is 13.2. The Morgan fingerprint density at radius 3 is 2.84 bits per heavy atom. The Bertz CT molecular complexity index is 959. The van der Waals surface area contributed by atoms with Gasteiger partial charge in [-0.1, -0.05) is 12.1 Å². The van der Waals surface area contributed by atoms with Gasteiger partial charge in [-0.05, 0) is 44.4 Å². The van der Waals surface area contributed by atoms with E-state index in [1.54, 1.807) is 4.68 Å². The molecule has 5 heteroatoms. The molecule has 1 saturated heterocycles. The molecule has 1 fully saturated rings. The number of likely N-dealkylation sites (tertiary alicyclic amines) is 1. The zero-order valence-corrected chi connectivity index (χ0v) is 14.9. The van der Waals surface area contributed by atoms with Crippen LogP contribution >= 0.6 is 0 Å². The van der Waals surface area contributed by atoms with Crippen molar-refractivity contribution in [2.75, 3.05) is 6.54 Å². The van der Waals surface area contributed by atoms with Crippen LogP contribution in [0.25, 0.3) is 10.9 Å². The maximum absolute atomic E-state index is 13.2. The lowest BCUT2D eigenvalue weighted by molar-refractivity contribution is 0.0734. The van der Waals surface area contributed by atoms with Crippen LogP contribution < -0.4 is 0 Å². The van der Waals surface area contributed by atoms with E-state index in [2.05, 4.69) is 29.1 Å². The summed E-state index contributed by atoms with van der Waals surface area (Å²) in [6.07, 6.45) is 5.87. The number of benzene rings is 1. The Balaban J connectivity index is 1.71. The van der Waals surface area contributed by atoms with Crippen LogP contribution in [0.4, 0.5) is 0 Å². The zero-order chi connectivity index (χ0) is 17.6. The molecule has 0 bridgehead atoms. The third-order valence-corrected chi connectivity index (χ3v) is 5.02. The summed E-state index contributed by atoms with van der Waals surface area (Å²) in [4.78, 5) is 19.9. The van der Waals surface area contributed by atoms with Gasteiger partial charge in [-0.2, -0.15) is 5.10 Å². The average Bonchev–Trinajstić information content (AvgIpc) is 3.22. The largest absolute Gasteiger partial charge is 0.331 e. The summed E-state index contributed by atoms with van der Waals surface area (Å²) < 4.78 is 1.79. The van der Waals surface area contributed by atoms with Crippen molar-refractivity contribution in [1.29, 1.82) is 0 Å². The number of carbonyl (C=O) groups is 1. The molecule has 0 aliphatic carbocycles. The number of pyridine rings is 1. The zero-order valence-electron chi connectivity index (χ0n) is 14.9. The van der Waals surface area contributed by atoms with Gasteiger partial charge in [0.05, 0.1) is 29.0 Å². The summed E-state index contributed by atoms with van der Waals surface area (Å²) in [5, 5.41) is 5.27. The number of nitrogens with zero attached hydrogens (tertiary/aromatic N) is 4. The van der Waals surface area contributed by atoms with Gasteiger partial charge in [0.1, 0.15) is 0 Å². The number of amides is 1. The second-order valence-electron chi connectivity index (χ2n) is 6.92. The molecular formula is C20H22N4O. The molecule has 25 heavy (non-hydrogen) atoms. The second kappa shape index (κ2) is 5.99. The molecule has 0 spiro atoms. The minimum Gasteiger partial charge on any atom is -0.331 e. The third kappa shape index (κ3) is 2.80. The molecule has 5 nitrogen and oxygen atoms in total. The Kier molecular flexibility index (Phi) is 3.79. The van der Waals surface area contributed by atoms with Crippen LogP contribution in [-0.4, -0.2) is 32.1 Å². The van der Waals surface area contributed by atoms with Crippen molar-refractivity contribution >= 4 is 16.8 Å². The summed E-state index contributed by atoms with van der Waals surface area (Å²) >= 11 is 0. The van der Waals surface area contributed by atoms with E-state index in [0.717, 1.165) is 41.5 Å². The highest BCUT2D eigenvalue weighted by Gasteiger charge is 2.32. The van der Waals surface area contributed by atoms with Gasteiger partial charge in [0.25, 0.3) is 5.91 Å². The molecule has 0 radical (unpaired) electrons. The van der Waals surface area contributed by atoms with Crippen molar-refractivity contribution in [3.63, 3.8) is 0 Å². The molecule has 1 atom stereocenters. The van der Waals surface area contributed by atoms with E-state index < -0.39 is 0 Å². The van der Waals surface area contributed by atoms with Crippen LogP contribution in [0.15, 0.2) is 36.7 Å². The smallest absolute Gasteiger partial charge is 0.256 e. The van der Waals surface area contributed by atoms with Gasteiger partial charge in [0, 0.05) is 30.7 Å². The van der Waals surface area contributed by atoms with E-state index in [4.69, 9.17) is 0 Å². The molecule has 128 valence electrons. The second-order valence-corrected chi connectivity index (χ2v) is 6.92. The standard InChI is InChI=1S/C20H22N4O/c1-13-6-7-15-10-17(14(2)22-18(15)9-13)20(25)24-8-4-5-19(24)16-11-21-23(3)12-16/h6-7,9-12,19H,4-5,8H2,1-3H3. The highest BCUT2D eigenvalue weighted by molar-refractivity contribution is 5.99. The van der Waals surface area contributed by atoms with Crippen molar-refractivity contribution in [1.82, 2.24) is 19.7 Å². The quantitative estimate of drug-likeness (QED) is 0.720. The molecule has 1 aromatic carbocycles. The van der Waals surface area contributed by atoms with Gasteiger partial charge >= 0.3 is 0 Å². The minimum atomic E-state index is 0.0684. The first kappa shape index (κ1) is 15.8. The van der Waals surface area contributed by atoms with Crippen molar-refractivity contribution in [2.24, 2.45) is 7.05 Å². The van der Waals surface area contributed by atoms with Crippen LogP contribution in [0, 0.1) is 13.8 Å². The number of hydrogen-bond donors (Lipinski definition) is 0. The molecule has 3 heterocycles. The van der Waals surface area contributed by atoms with Crippen LogP contribution in [0.2, 0.25) is 0 Å². The first-order valence-corrected chi connectivity index (χ1v) is 8.70. The first-order chi connectivity index (χ1) is 12.0. The lowest BCUT2D eigenvalue weighted by Gasteiger charge is -2.24. The van der Waals surface area contributed by atoms with Gasteiger partial charge in [-0.3, -0.25) is 14.5 Å². The Hall–Kier alpha value is -2.69. The molecule has 4 rings (SSSR count). The molecule has 0 N–H and O–H groups in total. The van der Waals surface area contributed by atoms with Crippen LogP contribution in [-0.2, 0) is 7.05 Å². The van der Waals surface area contributed by atoms with Crippen molar-refractivity contribution in [2.45, 2.75) is 32.7 Å². The van der Waals surface area contributed by atoms with E-state index in [9.17, 15) is 4.79 Å². The lowest BCUT2D eigenvalue weighted by Crippen LogP contribution is -2.31. The Morgan fingerprint density at radius 2 is 2.08 bits per heavy atom. The van der Waals surface area contributed by atoms with Gasteiger partial charge < -0.3 is 4.90 Å². The number of hydrogen-bond acceptors (Lipinski definition) is 3. The number of carbonyl (C=O) groups excluding carboxylic acids is 1. The van der Waals surface area contributed by atoms with Crippen molar-refractivity contribution < 1.29 is 4.79 Å². The van der Waals surface area contributed by atoms with E-state index in [1.165, 1.54) is 5.56 Å². The number of fused-ring (bicyclic) bond motifs is 1. The maximum Gasteiger partial charge on any atom is 0.256 e. The van der Waals surface area contributed by atoms with Crippen molar-refractivity contribution in [3.05, 3.63) is 59.0 Å². The van der Waals surface area contributed by atoms with Crippen LogP contribution in [0.1, 0.15) is 46.1 Å². The molecule has 1 aliphatic heterocycles. The summed E-state index contributed by atoms with van der Waals surface area (Å²) in [7, 11) is 1.91. The fourth-order valence-corrected chi connectivity index (χ4v) is 3.71. The topological polar surface area (TPSA) is 51.0 Å². The Labute approximate surface area is 147 Å². The Morgan fingerprint density at radius 1 is 1.24 bits per heavy atom. The average molecular weight is 334 g/mol. The summed E-state index contributed by atoms with van der Waals surface area (Å²) in [6, 6.07) is 8.25. The lowest BCUT2D eigenvalue weighted by atomic mass is 10.0. The normalized spacial score (nSPS) is 17.4. The fraction of sp³-hybridized carbons (Fsp3) is 0.350. The summed E-state index contributed by atoms with van der Waals surface area (Å²) in [6.45, 7) is 4.76. The summed E-state index contributed by atoms with van der Waals surface area (Å²) in [5.74, 6) is 0.0684. The molecule has 1 amide bonds. The van der Waals surface area contributed by atoms with Crippen molar-refractivity contribution in [3.8, 4) is 0 Å². The molecule has 1 unspecified atom stereocenters. The van der Waals surface area contributed by atoms with E-state index in [1.807, 2.05) is 43.4 Å². The van der Waals surface area contributed by atoms with Gasteiger partial charge in [0.2, 0.25) is 0 Å². The molecule has 0 saturated carbocycles. The third-order valence-electron chi connectivity index (χ3n) is 5.02. The number of aryl methyl sites for hydroxylation is 3. The number of rotatable bonds is 2. The first-order valence-electron chi connectivity index (χ1n) is 8.70. The number of aromatic nitrogens is 3. The monoisotopic (exact) mass is 334 g/mol. The predicted octanol–water partition coefficient (Wildman–Crippen LogP) is 3.56. The van der Waals surface area contributed by atoms with Crippen LogP contribution in [0.3, 0.4) is 0 Å². The fourth-order valence-electron chi connectivity index (χ4n) is 3.71. The predicted molar refractivity (Wildman–Crippen MR) is 97.4 cm³/mol.